The zero-order valence-electron chi connectivity index (χ0n) is 12.3. The topological polar surface area (TPSA) is 59.4 Å². The van der Waals surface area contributed by atoms with Crippen LogP contribution in [-0.4, -0.2) is 22.7 Å². The first-order valence-electron chi connectivity index (χ1n) is 7.05. The minimum Gasteiger partial charge on any atom is -0.477 e. The molecule has 2 aromatic rings. The fourth-order valence-corrected chi connectivity index (χ4v) is 2.96. The molecule has 0 aliphatic rings. The van der Waals surface area contributed by atoms with Crippen LogP contribution in [0.15, 0.2) is 24.3 Å². The number of aryl methyl sites for hydroxylation is 1. The van der Waals surface area contributed by atoms with Crippen molar-refractivity contribution in [3.05, 3.63) is 40.4 Å². The summed E-state index contributed by atoms with van der Waals surface area (Å²) in [5.74, 6) is -0.903. The molecule has 0 bridgehead atoms. The van der Waals surface area contributed by atoms with E-state index in [0.717, 1.165) is 29.2 Å². The second-order valence-corrected chi connectivity index (χ2v) is 5.70. The third-order valence-electron chi connectivity index (χ3n) is 3.04. The normalized spacial score (nSPS) is 10.8. The van der Waals surface area contributed by atoms with Crippen molar-refractivity contribution in [1.82, 2.24) is 4.98 Å². The van der Waals surface area contributed by atoms with E-state index in [-0.39, 0.29) is 0 Å². The number of aromatic carboxylic acids is 1. The predicted octanol–water partition coefficient (Wildman–Crippen LogP) is 4.00. The highest BCUT2D eigenvalue weighted by molar-refractivity contribution is 7.17. The molecule has 1 heterocycles. The fourth-order valence-electron chi connectivity index (χ4n) is 1.96. The molecule has 2 rings (SSSR count). The van der Waals surface area contributed by atoms with Crippen molar-refractivity contribution >= 4 is 17.3 Å². The van der Waals surface area contributed by atoms with Gasteiger partial charge in [-0.1, -0.05) is 38.1 Å². The number of benzene rings is 1. The molecule has 1 aromatic carbocycles. The van der Waals surface area contributed by atoms with E-state index in [1.165, 1.54) is 11.3 Å². The lowest BCUT2D eigenvalue weighted by molar-refractivity contribution is 0.0701. The fraction of sp³-hybridized carbons (Fsp3) is 0.375. The zero-order valence-corrected chi connectivity index (χ0v) is 13.1. The Morgan fingerprint density at radius 2 is 2.00 bits per heavy atom. The number of carboxylic acids is 1. The van der Waals surface area contributed by atoms with Crippen molar-refractivity contribution < 1.29 is 14.6 Å². The molecule has 0 aliphatic heterocycles. The summed E-state index contributed by atoms with van der Waals surface area (Å²) in [6.07, 6.45) is 1.63. The molecule has 0 radical (unpaired) electrons. The molecule has 0 saturated heterocycles. The van der Waals surface area contributed by atoms with Crippen LogP contribution in [-0.2, 0) is 17.8 Å². The van der Waals surface area contributed by atoms with Crippen molar-refractivity contribution in [2.24, 2.45) is 0 Å². The Balaban J connectivity index is 2.16. The maximum atomic E-state index is 11.2. The summed E-state index contributed by atoms with van der Waals surface area (Å²) >= 11 is 1.23. The van der Waals surface area contributed by atoms with Crippen LogP contribution in [0.25, 0.3) is 10.6 Å². The molecule has 0 fully saturated rings. The number of carbonyl (C=O) groups is 1. The zero-order chi connectivity index (χ0) is 15.2. The summed E-state index contributed by atoms with van der Waals surface area (Å²) in [6.45, 7) is 5.36. The first-order valence-corrected chi connectivity index (χ1v) is 7.87. The van der Waals surface area contributed by atoms with E-state index in [9.17, 15) is 9.90 Å². The van der Waals surface area contributed by atoms with Gasteiger partial charge in [0.1, 0.15) is 9.88 Å². The van der Waals surface area contributed by atoms with E-state index in [0.29, 0.717) is 23.6 Å². The second-order valence-electron chi connectivity index (χ2n) is 4.70. The van der Waals surface area contributed by atoms with E-state index >= 15 is 0 Å². The third kappa shape index (κ3) is 3.89. The van der Waals surface area contributed by atoms with Crippen LogP contribution in [0.4, 0.5) is 0 Å². The molecule has 1 N–H and O–H groups in total. The largest absolute Gasteiger partial charge is 0.477 e. The molecule has 112 valence electrons. The van der Waals surface area contributed by atoms with E-state index in [4.69, 9.17) is 4.74 Å². The number of thiazole rings is 1. The van der Waals surface area contributed by atoms with Crippen LogP contribution in [0, 0.1) is 0 Å². The Bertz CT molecular complexity index is 604. The smallest absolute Gasteiger partial charge is 0.347 e. The monoisotopic (exact) mass is 305 g/mol. The Morgan fingerprint density at radius 3 is 2.52 bits per heavy atom. The number of aromatic nitrogens is 1. The van der Waals surface area contributed by atoms with Crippen LogP contribution in [0.3, 0.4) is 0 Å². The van der Waals surface area contributed by atoms with Crippen LogP contribution in [0.2, 0.25) is 0 Å². The maximum Gasteiger partial charge on any atom is 0.347 e. The number of carboxylic acid groups (broad SMARTS) is 1. The summed E-state index contributed by atoms with van der Waals surface area (Å²) in [4.78, 5) is 15.9. The van der Waals surface area contributed by atoms with Gasteiger partial charge < -0.3 is 9.84 Å². The van der Waals surface area contributed by atoms with Crippen molar-refractivity contribution in [3.63, 3.8) is 0 Å². The number of rotatable bonds is 7. The van der Waals surface area contributed by atoms with Crippen LogP contribution < -0.4 is 0 Å². The number of hydrogen-bond donors (Lipinski definition) is 1. The van der Waals surface area contributed by atoms with Crippen LogP contribution >= 0.6 is 11.3 Å². The van der Waals surface area contributed by atoms with Crippen molar-refractivity contribution in [2.45, 2.75) is 33.3 Å². The molecule has 1 aromatic heterocycles. The number of hydrogen-bond acceptors (Lipinski definition) is 4. The molecule has 0 spiro atoms. The molecular formula is C16H19NO3S. The average Bonchev–Trinajstić information content (AvgIpc) is 2.93. The standard InChI is InChI=1S/C16H19NO3S/c1-3-9-20-10-11-5-7-12(8-6-11)15-17-13(4-2)14(21-15)16(18)19/h5-8H,3-4,9-10H2,1-2H3,(H,18,19). The highest BCUT2D eigenvalue weighted by atomic mass is 32.1. The summed E-state index contributed by atoms with van der Waals surface area (Å²) in [5, 5.41) is 9.93. The van der Waals surface area contributed by atoms with E-state index in [2.05, 4.69) is 11.9 Å². The number of nitrogens with zero attached hydrogens (tertiary/aromatic N) is 1. The van der Waals surface area contributed by atoms with Gasteiger partial charge in [0.2, 0.25) is 0 Å². The minimum atomic E-state index is -0.903. The highest BCUT2D eigenvalue weighted by Gasteiger charge is 2.16. The van der Waals surface area contributed by atoms with E-state index < -0.39 is 5.97 Å². The minimum absolute atomic E-state index is 0.336. The molecule has 4 nitrogen and oxygen atoms in total. The molecule has 0 atom stereocenters. The van der Waals surface area contributed by atoms with Gasteiger partial charge in [0.05, 0.1) is 12.3 Å². The van der Waals surface area contributed by atoms with Gasteiger partial charge >= 0.3 is 5.97 Å². The first kappa shape index (κ1) is 15.7. The molecular weight excluding hydrogens is 286 g/mol. The van der Waals surface area contributed by atoms with Gasteiger partial charge in [-0.2, -0.15) is 0 Å². The van der Waals surface area contributed by atoms with Gasteiger partial charge in [-0.25, -0.2) is 9.78 Å². The second kappa shape index (κ2) is 7.33. The van der Waals surface area contributed by atoms with Gasteiger partial charge in [0, 0.05) is 12.2 Å². The molecule has 5 heteroatoms. The average molecular weight is 305 g/mol. The summed E-state index contributed by atoms with van der Waals surface area (Å²) < 4.78 is 5.50. The van der Waals surface area contributed by atoms with Gasteiger partial charge in [-0.15, -0.1) is 11.3 Å². The third-order valence-corrected chi connectivity index (χ3v) is 4.18. The van der Waals surface area contributed by atoms with Gasteiger partial charge in [-0.05, 0) is 18.4 Å². The highest BCUT2D eigenvalue weighted by Crippen LogP contribution is 2.28. The Labute approximate surface area is 128 Å². The predicted molar refractivity (Wildman–Crippen MR) is 83.8 cm³/mol. The lowest BCUT2D eigenvalue weighted by Gasteiger charge is -2.03. The Hall–Kier alpha value is -1.72. The lowest BCUT2D eigenvalue weighted by atomic mass is 10.1. The first-order chi connectivity index (χ1) is 10.2. The SMILES string of the molecule is CCCOCc1ccc(-c2nc(CC)c(C(=O)O)s2)cc1. The molecule has 0 saturated carbocycles. The summed E-state index contributed by atoms with van der Waals surface area (Å²) in [6, 6.07) is 7.93. The van der Waals surface area contributed by atoms with E-state index in [1.54, 1.807) is 0 Å². The van der Waals surface area contributed by atoms with Crippen LogP contribution in [0.1, 0.15) is 41.2 Å². The van der Waals surface area contributed by atoms with Crippen LogP contribution in [0.5, 0.6) is 0 Å². The summed E-state index contributed by atoms with van der Waals surface area (Å²) in [7, 11) is 0. The number of ether oxygens (including phenoxy) is 1. The molecule has 0 unspecified atom stereocenters. The molecule has 0 amide bonds. The Kier molecular flexibility index (Phi) is 5.47. The van der Waals surface area contributed by atoms with Crippen molar-refractivity contribution in [3.8, 4) is 10.6 Å². The maximum absolute atomic E-state index is 11.2. The van der Waals surface area contributed by atoms with E-state index in [1.807, 2.05) is 31.2 Å². The lowest BCUT2D eigenvalue weighted by Crippen LogP contribution is -1.97. The molecule has 21 heavy (non-hydrogen) atoms. The van der Waals surface area contributed by atoms with Crippen molar-refractivity contribution in [1.29, 1.82) is 0 Å². The molecule has 0 aliphatic carbocycles. The quantitative estimate of drug-likeness (QED) is 0.786. The van der Waals surface area contributed by atoms with Gasteiger partial charge in [0.25, 0.3) is 0 Å². The Morgan fingerprint density at radius 1 is 1.29 bits per heavy atom. The van der Waals surface area contributed by atoms with Gasteiger partial charge in [0.15, 0.2) is 0 Å². The van der Waals surface area contributed by atoms with Crippen molar-refractivity contribution in [2.75, 3.05) is 6.61 Å². The van der Waals surface area contributed by atoms with Gasteiger partial charge in [-0.3, -0.25) is 0 Å². The summed E-state index contributed by atoms with van der Waals surface area (Å²) in [5.41, 5.74) is 2.71.